The SMILES string of the molecule is C=CC[C@@H](Cc1ccccc1)NC(=O)N(C)C. The van der Waals surface area contributed by atoms with Gasteiger partial charge in [-0.15, -0.1) is 6.58 Å². The highest BCUT2D eigenvalue weighted by Crippen LogP contribution is 2.06. The highest BCUT2D eigenvalue weighted by molar-refractivity contribution is 5.73. The number of benzene rings is 1. The first kappa shape index (κ1) is 13.3. The summed E-state index contributed by atoms with van der Waals surface area (Å²) in [5.74, 6) is 0. The third kappa shape index (κ3) is 4.72. The van der Waals surface area contributed by atoms with E-state index in [1.807, 2.05) is 24.3 Å². The Bertz CT molecular complexity index is 360. The van der Waals surface area contributed by atoms with Gasteiger partial charge in [0.15, 0.2) is 0 Å². The Morgan fingerprint density at radius 3 is 2.59 bits per heavy atom. The number of hydrogen-bond acceptors (Lipinski definition) is 1. The van der Waals surface area contributed by atoms with Crippen LogP contribution >= 0.6 is 0 Å². The van der Waals surface area contributed by atoms with E-state index in [4.69, 9.17) is 0 Å². The van der Waals surface area contributed by atoms with Gasteiger partial charge in [0, 0.05) is 20.1 Å². The molecular formula is C14H20N2O. The van der Waals surface area contributed by atoms with Gasteiger partial charge in [-0.1, -0.05) is 36.4 Å². The molecular weight excluding hydrogens is 212 g/mol. The highest BCUT2D eigenvalue weighted by atomic mass is 16.2. The Labute approximate surface area is 103 Å². The molecule has 2 amide bonds. The zero-order valence-corrected chi connectivity index (χ0v) is 10.5. The Morgan fingerprint density at radius 2 is 2.06 bits per heavy atom. The number of carbonyl (C=O) groups is 1. The zero-order valence-electron chi connectivity index (χ0n) is 10.5. The van der Waals surface area contributed by atoms with E-state index in [0.717, 1.165) is 12.8 Å². The molecule has 0 aliphatic carbocycles. The fourth-order valence-corrected chi connectivity index (χ4v) is 1.60. The van der Waals surface area contributed by atoms with E-state index in [1.165, 1.54) is 5.56 Å². The van der Waals surface area contributed by atoms with Crippen LogP contribution in [0.3, 0.4) is 0 Å². The van der Waals surface area contributed by atoms with Gasteiger partial charge in [-0.2, -0.15) is 0 Å². The van der Waals surface area contributed by atoms with Crippen LogP contribution in [0.5, 0.6) is 0 Å². The lowest BCUT2D eigenvalue weighted by Gasteiger charge is -2.20. The van der Waals surface area contributed by atoms with Gasteiger partial charge >= 0.3 is 6.03 Å². The molecule has 0 spiro atoms. The summed E-state index contributed by atoms with van der Waals surface area (Å²) in [5, 5.41) is 2.98. The van der Waals surface area contributed by atoms with Crippen LogP contribution in [0.2, 0.25) is 0 Å². The standard InChI is InChI=1S/C14H20N2O/c1-4-8-13(15-14(17)16(2)3)11-12-9-6-5-7-10-12/h4-7,9-10,13H,1,8,11H2,2-3H3,(H,15,17)/t13-/m0/s1. The second-order valence-electron chi connectivity index (χ2n) is 4.25. The molecule has 0 fully saturated rings. The lowest BCUT2D eigenvalue weighted by molar-refractivity contribution is 0.213. The second-order valence-corrected chi connectivity index (χ2v) is 4.25. The molecule has 1 aromatic rings. The van der Waals surface area contributed by atoms with Crippen molar-refractivity contribution in [1.29, 1.82) is 0 Å². The molecule has 0 saturated carbocycles. The van der Waals surface area contributed by atoms with Crippen molar-refractivity contribution in [2.45, 2.75) is 18.9 Å². The number of amides is 2. The summed E-state index contributed by atoms with van der Waals surface area (Å²) in [5.41, 5.74) is 1.22. The van der Waals surface area contributed by atoms with Crippen LogP contribution in [-0.4, -0.2) is 31.1 Å². The first-order valence-electron chi connectivity index (χ1n) is 5.76. The summed E-state index contributed by atoms with van der Waals surface area (Å²) in [6.45, 7) is 3.73. The van der Waals surface area contributed by atoms with Crippen LogP contribution in [0.4, 0.5) is 4.79 Å². The van der Waals surface area contributed by atoms with Gasteiger partial charge in [-0.25, -0.2) is 4.79 Å². The van der Waals surface area contributed by atoms with Gasteiger partial charge in [0.2, 0.25) is 0 Å². The minimum absolute atomic E-state index is 0.0622. The second kappa shape index (κ2) is 6.74. The van der Waals surface area contributed by atoms with Gasteiger partial charge in [0.05, 0.1) is 0 Å². The molecule has 0 radical (unpaired) electrons. The summed E-state index contributed by atoms with van der Waals surface area (Å²) < 4.78 is 0. The maximum atomic E-state index is 11.6. The maximum Gasteiger partial charge on any atom is 0.317 e. The molecule has 0 unspecified atom stereocenters. The molecule has 0 bridgehead atoms. The smallest absolute Gasteiger partial charge is 0.317 e. The van der Waals surface area contributed by atoms with Gasteiger partial charge < -0.3 is 10.2 Å². The molecule has 0 aliphatic heterocycles. The fraction of sp³-hybridized carbons (Fsp3) is 0.357. The van der Waals surface area contributed by atoms with Crippen molar-refractivity contribution in [3.05, 3.63) is 48.6 Å². The zero-order chi connectivity index (χ0) is 12.7. The van der Waals surface area contributed by atoms with Crippen LogP contribution < -0.4 is 5.32 Å². The topological polar surface area (TPSA) is 32.3 Å². The Kier molecular flexibility index (Phi) is 5.27. The molecule has 17 heavy (non-hydrogen) atoms. The minimum Gasteiger partial charge on any atom is -0.335 e. The maximum absolute atomic E-state index is 11.6. The third-order valence-corrected chi connectivity index (χ3v) is 2.51. The van der Waals surface area contributed by atoms with Crippen molar-refractivity contribution in [2.75, 3.05) is 14.1 Å². The van der Waals surface area contributed by atoms with Crippen LogP contribution in [0, 0.1) is 0 Å². The molecule has 3 nitrogen and oxygen atoms in total. The van der Waals surface area contributed by atoms with Gasteiger partial charge in [-0.3, -0.25) is 0 Å². The highest BCUT2D eigenvalue weighted by Gasteiger charge is 2.12. The molecule has 3 heteroatoms. The first-order chi connectivity index (χ1) is 8.13. The van der Waals surface area contributed by atoms with Gasteiger partial charge in [0.25, 0.3) is 0 Å². The lowest BCUT2D eigenvalue weighted by Crippen LogP contribution is -2.42. The molecule has 92 valence electrons. The van der Waals surface area contributed by atoms with Crippen molar-refractivity contribution in [2.24, 2.45) is 0 Å². The van der Waals surface area contributed by atoms with E-state index in [1.54, 1.807) is 19.0 Å². The number of carbonyl (C=O) groups excluding carboxylic acids is 1. The number of urea groups is 1. The quantitative estimate of drug-likeness (QED) is 0.777. The Morgan fingerprint density at radius 1 is 1.41 bits per heavy atom. The van der Waals surface area contributed by atoms with Gasteiger partial charge in [0.1, 0.15) is 0 Å². The van der Waals surface area contributed by atoms with Crippen molar-refractivity contribution < 1.29 is 4.79 Å². The van der Waals surface area contributed by atoms with Gasteiger partial charge in [-0.05, 0) is 18.4 Å². The predicted molar refractivity (Wildman–Crippen MR) is 71.0 cm³/mol. The van der Waals surface area contributed by atoms with Crippen molar-refractivity contribution in [1.82, 2.24) is 10.2 Å². The molecule has 1 rings (SSSR count). The summed E-state index contributed by atoms with van der Waals surface area (Å²) in [6, 6.07) is 10.2. The van der Waals surface area contributed by atoms with E-state index in [-0.39, 0.29) is 12.1 Å². The van der Waals surface area contributed by atoms with E-state index in [9.17, 15) is 4.79 Å². The molecule has 0 heterocycles. The number of rotatable bonds is 5. The normalized spacial score (nSPS) is 11.6. The molecule has 0 aliphatic rings. The Hall–Kier alpha value is -1.77. The average molecular weight is 232 g/mol. The van der Waals surface area contributed by atoms with E-state index >= 15 is 0 Å². The van der Waals surface area contributed by atoms with Crippen LogP contribution in [0.1, 0.15) is 12.0 Å². The third-order valence-electron chi connectivity index (χ3n) is 2.51. The Balaban J connectivity index is 2.60. The summed E-state index contributed by atoms with van der Waals surface area (Å²) in [4.78, 5) is 13.1. The van der Waals surface area contributed by atoms with E-state index < -0.39 is 0 Å². The molecule has 0 aromatic heterocycles. The average Bonchev–Trinajstić information content (AvgIpc) is 2.30. The van der Waals surface area contributed by atoms with Crippen molar-refractivity contribution >= 4 is 6.03 Å². The van der Waals surface area contributed by atoms with Crippen molar-refractivity contribution in [3.8, 4) is 0 Å². The number of nitrogens with zero attached hydrogens (tertiary/aromatic N) is 1. The van der Waals surface area contributed by atoms with Crippen molar-refractivity contribution in [3.63, 3.8) is 0 Å². The summed E-state index contributed by atoms with van der Waals surface area (Å²) in [6.07, 6.45) is 3.43. The first-order valence-corrected chi connectivity index (χ1v) is 5.76. The van der Waals surface area contributed by atoms with Crippen LogP contribution in [-0.2, 0) is 6.42 Å². The largest absolute Gasteiger partial charge is 0.335 e. The molecule has 1 atom stereocenters. The summed E-state index contributed by atoms with van der Waals surface area (Å²) in [7, 11) is 3.48. The molecule has 0 saturated heterocycles. The van der Waals surface area contributed by atoms with E-state index in [0.29, 0.717) is 0 Å². The predicted octanol–water partition coefficient (Wildman–Crippen LogP) is 2.45. The molecule has 1 aromatic carbocycles. The number of hydrogen-bond donors (Lipinski definition) is 1. The van der Waals surface area contributed by atoms with E-state index in [2.05, 4.69) is 24.0 Å². The van der Waals surface area contributed by atoms with Crippen LogP contribution in [0.15, 0.2) is 43.0 Å². The van der Waals surface area contributed by atoms with Crippen LogP contribution in [0.25, 0.3) is 0 Å². The minimum atomic E-state index is -0.0622. The summed E-state index contributed by atoms with van der Waals surface area (Å²) >= 11 is 0. The molecule has 1 N–H and O–H groups in total. The monoisotopic (exact) mass is 232 g/mol. The number of nitrogens with one attached hydrogen (secondary N) is 1. The lowest BCUT2D eigenvalue weighted by atomic mass is 10.0. The fourth-order valence-electron chi connectivity index (χ4n) is 1.60.